The van der Waals surface area contributed by atoms with Crippen molar-refractivity contribution in [1.29, 1.82) is 0 Å². The van der Waals surface area contributed by atoms with Crippen molar-refractivity contribution in [3.05, 3.63) is 113 Å². The van der Waals surface area contributed by atoms with Gasteiger partial charge in [0.2, 0.25) is 0 Å². The molecule has 0 radical (unpaired) electrons. The summed E-state index contributed by atoms with van der Waals surface area (Å²) in [4.78, 5) is 13.1. The van der Waals surface area contributed by atoms with Crippen LogP contribution in [0.15, 0.2) is 85.1 Å². The van der Waals surface area contributed by atoms with E-state index in [0.717, 1.165) is 16.8 Å². The molecule has 0 fully saturated rings. The summed E-state index contributed by atoms with van der Waals surface area (Å²) < 4.78 is 20.4. The topological polar surface area (TPSA) is 68.2 Å². The standard InChI is InChI=1S/C26H20ClFN4O2/c1-34-19-6-4-5-16(13-19)23-14-24(20-7-2-3-8-22(20)27)32-25(31-23)21(15-29-32)26(33)30-18-11-9-17(28)10-12-18/h2-15,24,31H,1H3,(H,30,33)/t24-/m1/s1. The molecule has 1 aliphatic heterocycles. The summed E-state index contributed by atoms with van der Waals surface area (Å²) in [5, 5.41) is 11.2. The first-order valence-electron chi connectivity index (χ1n) is 10.6. The van der Waals surface area contributed by atoms with Gasteiger partial charge in [-0.2, -0.15) is 5.10 Å². The third-order valence-corrected chi connectivity index (χ3v) is 5.93. The number of carbonyl (C=O) groups excluding carboxylic acids is 1. The first-order chi connectivity index (χ1) is 16.5. The number of hydrogen-bond donors (Lipinski definition) is 2. The van der Waals surface area contributed by atoms with Crippen LogP contribution in [0.25, 0.3) is 5.70 Å². The second kappa shape index (κ2) is 9.03. The van der Waals surface area contributed by atoms with Gasteiger partial charge in [-0.3, -0.25) is 4.79 Å². The van der Waals surface area contributed by atoms with Crippen LogP contribution in [0.3, 0.4) is 0 Å². The van der Waals surface area contributed by atoms with Crippen LogP contribution in [-0.2, 0) is 0 Å². The Morgan fingerprint density at radius 2 is 1.91 bits per heavy atom. The molecule has 0 bridgehead atoms. The number of benzene rings is 3. The Labute approximate surface area is 200 Å². The highest BCUT2D eigenvalue weighted by atomic mass is 35.5. The molecule has 0 saturated carbocycles. The minimum Gasteiger partial charge on any atom is -0.497 e. The zero-order chi connectivity index (χ0) is 23.7. The maximum atomic E-state index is 13.3. The van der Waals surface area contributed by atoms with Gasteiger partial charge in [-0.15, -0.1) is 0 Å². The smallest absolute Gasteiger partial charge is 0.261 e. The second-order valence-electron chi connectivity index (χ2n) is 7.72. The molecule has 1 amide bonds. The number of rotatable bonds is 5. The van der Waals surface area contributed by atoms with Gasteiger partial charge in [0.05, 0.1) is 13.3 Å². The monoisotopic (exact) mass is 474 g/mol. The summed E-state index contributed by atoms with van der Waals surface area (Å²) in [6, 6.07) is 20.4. The van der Waals surface area contributed by atoms with Crippen LogP contribution in [0, 0.1) is 5.82 Å². The molecule has 1 aliphatic rings. The average molecular weight is 475 g/mol. The van der Waals surface area contributed by atoms with Crippen LogP contribution < -0.4 is 15.4 Å². The molecule has 3 aromatic carbocycles. The normalized spacial score (nSPS) is 14.6. The SMILES string of the molecule is COc1cccc(C2=C[C@H](c3ccccc3Cl)n3ncc(C(=O)Nc4ccc(F)cc4)c3N2)c1. The number of nitrogens with one attached hydrogen (secondary N) is 2. The second-order valence-corrected chi connectivity index (χ2v) is 8.12. The fourth-order valence-electron chi connectivity index (χ4n) is 3.89. The van der Waals surface area contributed by atoms with E-state index in [2.05, 4.69) is 15.7 Å². The molecular formula is C26H20ClFN4O2. The van der Waals surface area contributed by atoms with E-state index in [1.54, 1.807) is 11.8 Å². The fourth-order valence-corrected chi connectivity index (χ4v) is 4.14. The van der Waals surface area contributed by atoms with Gasteiger partial charge < -0.3 is 15.4 Å². The minimum absolute atomic E-state index is 0.342. The maximum absolute atomic E-state index is 13.3. The van der Waals surface area contributed by atoms with Crippen molar-refractivity contribution in [1.82, 2.24) is 9.78 Å². The highest BCUT2D eigenvalue weighted by Gasteiger charge is 2.29. The quantitative estimate of drug-likeness (QED) is 0.372. The zero-order valence-corrected chi connectivity index (χ0v) is 18.9. The average Bonchev–Trinajstić information content (AvgIpc) is 3.29. The molecule has 4 aromatic rings. The van der Waals surface area contributed by atoms with Gasteiger partial charge in [0.25, 0.3) is 5.91 Å². The molecule has 2 N–H and O–H groups in total. The number of carbonyl (C=O) groups is 1. The number of aromatic nitrogens is 2. The summed E-state index contributed by atoms with van der Waals surface area (Å²) in [6.07, 6.45) is 3.52. The van der Waals surface area contributed by atoms with Gasteiger partial charge >= 0.3 is 0 Å². The highest BCUT2D eigenvalue weighted by molar-refractivity contribution is 6.31. The first-order valence-corrected chi connectivity index (χ1v) is 10.9. The van der Waals surface area contributed by atoms with Crippen LogP contribution in [0.1, 0.15) is 27.5 Å². The van der Waals surface area contributed by atoms with Crippen molar-refractivity contribution in [2.75, 3.05) is 17.7 Å². The number of halogens is 2. The number of methoxy groups -OCH3 is 1. The largest absolute Gasteiger partial charge is 0.497 e. The molecular weight excluding hydrogens is 455 g/mol. The van der Waals surface area contributed by atoms with E-state index in [1.807, 2.05) is 54.6 Å². The molecule has 1 aromatic heterocycles. The molecule has 34 heavy (non-hydrogen) atoms. The first kappa shape index (κ1) is 21.7. The Morgan fingerprint density at radius 1 is 1.12 bits per heavy atom. The number of anilines is 2. The van der Waals surface area contributed by atoms with Crippen LogP contribution in [0.2, 0.25) is 5.02 Å². The molecule has 6 nitrogen and oxygen atoms in total. The Kier molecular flexibility index (Phi) is 5.77. The van der Waals surface area contributed by atoms with E-state index < -0.39 is 0 Å². The van der Waals surface area contributed by atoms with Gasteiger partial charge in [0, 0.05) is 22.0 Å². The van der Waals surface area contributed by atoms with Crippen LogP contribution in [-0.4, -0.2) is 22.8 Å². The highest BCUT2D eigenvalue weighted by Crippen LogP contribution is 2.38. The predicted octanol–water partition coefficient (Wildman–Crippen LogP) is 5.99. The van der Waals surface area contributed by atoms with Gasteiger partial charge in [0.1, 0.15) is 29.0 Å². The van der Waals surface area contributed by atoms with E-state index in [1.165, 1.54) is 30.5 Å². The lowest BCUT2D eigenvalue weighted by molar-refractivity contribution is 0.102. The Balaban J connectivity index is 1.57. The van der Waals surface area contributed by atoms with Crippen LogP contribution in [0.5, 0.6) is 5.75 Å². The van der Waals surface area contributed by atoms with Gasteiger partial charge in [-0.25, -0.2) is 9.07 Å². The van der Waals surface area contributed by atoms with E-state index >= 15 is 0 Å². The Hall–Kier alpha value is -4.10. The Morgan fingerprint density at radius 3 is 2.68 bits per heavy atom. The van der Waals surface area contributed by atoms with E-state index in [-0.39, 0.29) is 17.8 Å². The van der Waals surface area contributed by atoms with Gasteiger partial charge in [-0.05, 0) is 54.1 Å². The van der Waals surface area contributed by atoms with Gasteiger partial charge in [0.15, 0.2) is 0 Å². The summed E-state index contributed by atoms with van der Waals surface area (Å²) in [5.74, 6) is 0.482. The molecule has 0 unspecified atom stereocenters. The Bertz CT molecular complexity index is 1400. The zero-order valence-electron chi connectivity index (χ0n) is 18.1. The van der Waals surface area contributed by atoms with E-state index in [9.17, 15) is 9.18 Å². The number of amides is 1. The molecule has 8 heteroatoms. The molecule has 5 rings (SSSR count). The summed E-state index contributed by atoms with van der Waals surface area (Å²) in [5.41, 5.74) is 3.34. The van der Waals surface area contributed by atoms with Crippen molar-refractivity contribution in [2.24, 2.45) is 0 Å². The van der Waals surface area contributed by atoms with E-state index in [4.69, 9.17) is 16.3 Å². The third-order valence-electron chi connectivity index (χ3n) is 5.59. The number of nitrogens with zero attached hydrogens (tertiary/aromatic N) is 2. The lowest BCUT2D eigenvalue weighted by Gasteiger charge is -2.27. The summed E-state index contributed by atoms with van der Waals surface area (Å²) in [6.45, 7) is 0. The number of allylic oxidation sites excluding steroid dienone is 1. The van der Waals surface area contributed by atoms with Crippen molar-refractivity contribution in [3.8, 4) is 5.75 Å². The van der Waals surface area contributed by atoms with Crippen LogP contribution in [0.4, 0.5) is 15.9 Å². The predicted molar refractivity (Wildman–Crippen MR) is 131 cm³/mol. The lowest BCUT2D eigenvalue weighted by Crippen LogP contribution is -2.22. The number of ether oxygens (including phenoxy) is 1. The number of hydrogen-bond acceptors (Lipinski definition) is 4. The number of fused-ring (bicyclic) bond motifs is 1. The van der Waals surface area contributed by atoms with Crippen molar-refractivity contribution >= 4 is 34.7 Å². The maximum Gasteiger partial charge on any atom is 0.261 e. The van der Waals surface area contributed by atoms with E-state index in [0.29, 0.717) is 27.8 Å². The van der Waals surface area contributed by atoms with Crippen LogP contribution >= 0.6 is 11.6 Å². The molecule has 170 valence electrons. The molecule has 1 atom stereocenters. The van der Waals surface area contributed by atoms with Crippen molar-refractivity contribution in [2.45, 2.75) is 6.04 Å². The lowest BCUT2D eigenvalue weighted by atomic mass is 10.0. The summed E-state index contributed by atoms with van der Waals surface area (Å²) >= 11 is 6.53. The molecule has 0 saturated heterocycles. The third kappa shape index (κ3) is 4.13. The minimum atomic E-state index is -0.377. The fraction of sp³-hybridized carbons (Fsp3) is 0.0769. The molecule has 0 aliphatic carbocycles. The van der Waals surface area contributed by atoms with Crippen molar-refractivity contribution < 1.29 is 13.9 Å². The summed E-state index contributed by atoms with van der Waals surface area (Å²) in [7, 11) is 1.61. The van der Waals surface area contributed by atoms with Crippen molar-refractivity contribution in [3.63, 3.8) is 0 Å². The molecule has 0 spiro atoms. The molecule has 2 heterocycles. The van der Waals surface area contributed by atoms with Gasteiger partial charge in [-0.1, -0.05) is 41.9 Å².